The van der Waals surface area contributed by atoms with Crippen LogP contribution in [0.15, 0.2) is 78.2 Å². The number of nitrogens with zero attached hydrogens (tertiary/aromatic N) is 2. The first-order valence-corrected chi connectivity index (χ1v) is 12.8. The molecule has 4 rings (SSSR count). The van der Waals surface area contributed by atoms with E-state index >= 15 is 0 Å². The Morgan fingerprint density at radius 2 is 1.44 bits per heavy atom. The number of hydrogen-bond acceptors (Lipinski definition) is 7. The van der Waals surface area contributed by atoms with Gasteiger partial charge in [-0.3, -0.25) is 0 Å². The monoisotopic (exact) mass is 524 g/mol. The average molecular weight is 525 g/mol. The van der Waals surface area contributed by atoms with E-state index in [0.29, 0.717) is 37.9 Å². The predicted molar refractivity (Wildman–Crippen MR) is 145 cm³/mol. The Bertz CT molecular complexity index is 1180. The molecular formula is C28H29ClN2O4S. The van der Waals surface area contributed by atoms with E-state index in [1.165, 1.54) is 0 Å². The highest BCUT2D eigenvalue weighted by Gasteiger charge is 2.14. The van der Waals surface area contributed by atoms with Crippen molar-refractivity contribution in [2.24, 2.45) is 0 Å². The van der Waals surface area contributed by atoms with Gasteiger partial charge in [-0.05, 0) is 59.7 Å². The number of halogens is 1. The molecule has 1 aromatic heterocycles. The van der Waals surface area contributed by atoms with Crippen molar-refractivity contribution in [3.8, 4) is 17.2 Å². The summed E-state index contributed by atoms with van der Waals surface area (Å²) in [5.74, 6) is 2.44. The van der Waals surface area contributed by atoms with E-state index in [1.807, 2.05) is 41.8 Å². The maximum atomic E-state index is 5.90. The fourth-order valence-electron chi connectivity index (χ4n) is 3.61. The van der Waals surface area contributed by atoms with E-state index < -0.39 is 0 Å². The zero-order chi connectivity index (χ0) is 25.2. The number of ether oxygens (including phenoxy) is 4. The summed E-state index contributed by atoms with van der Waals surface area (Å²) in [5, 5.41) is 3.65. The molecule has 0 aliphatic carbocycles. The van der Waals surface area contributed by atoms with Crippen LogP contribution in [-0.4, -0.2) is 32.4 Å². The maximum Gasteiger partial charge on any atom is 0.186 e. The van der Waals surface area contributed by atoms with Gasteiger partial charge in [-0.25, -0.2) is 4.98 Å². The Morgan fingerprint density at radius 3 is 2.06 bits per heavy atom. The van der Waals surface area contributed by atoms with Gasteiger partial charge in [0.05, 0.1) is 33.1 Å². The van der Waals surface area contributed by atoms with E-state index in [1.54, 1.807) is 37.7 Å². The van der Waals surface area contributed by atoms with Crippen LogP contribution in [0, 0.1) is 0 Å². The predicted octanol–water partition coefficient (Wildman–Crippen LogP) is 6.62. The van der Waals surface area contributed by atoms with Crippen LogP contribution in [0.2, 0.25) is 5.02 Å². The SMILES string of the molecule is COc1cccc(CN(Cc2cccc(OC)c2)c2nc(COCCOc3ccc(Cl)cc3)cs2)c1. The van der Waals surface area contributed by atoms with Crippen LogP contribution in [0.1, 0.15) is 16.8 Å². The molecule has 0 aliphatic rings. The number of rotatable bonds is 13. The highest BCUT2D eigenvalue weighted by molar-refractivity contribution is 7.13. The largest absolute Gasteiger partial charge is 0.497 e. The minimum absolute atomic E-state index is 0.423. The van der Waals surface area contributed by atoms with Crippen molar-refractivity contribution < 1.29 is 18.9 Å². The number of anilines is 1. The second-order valence-electron chi connectivity index (χ2n) is 8.04. The highest BCUT2D eigenvalue weighted by Crippen LogP contribution is 2.27. The summed E-state index contributed by atoms with van der Waals surface area (Å²) in [5.41, 5.74) is 3.18. The maximum absolute atomic E-state index is 5.90. The summed E-state index contributed by atoms with van der Waals surface area (Å²) in [7, 11) is 3.36. The number of methoxy groups -OCH3 is 2. The Hall–Kier alpha value is -3.26. The standard InChI is InChI=1S/C28H29ClN2O4S/c1-32-26-7-3-5-21(15-26)17-31(18-22-6-4-8-27(16-22)33-2)28-30-24(20-36-28)19-34-13-14-35-25-11-9-23(29)10-12-25/h3-12,15-16,20H,13-14,17-19H2,1-2H3. The van der Waals surface area contributed by atoms with Crippen molar-refractivity contribution in [3.63, 3.8) is 0 Å². The zero-order valence-corrected chi connectivity index (χ0v) is 21.9. The van der Waals surface area contributed by atoms with Gasteiger partial charge in [-0.15, -0.1) is 11.3 Å². The summed E-state index contributed by atoms with van der Waals surface area (Å²) in [6.45, 7) is 2.73. The summed E-state index contributed by atoms with van der Waals surface area (Å²) in [6.07, 6.45) is 0. The first-order valence-electron chi connectivity index (χ1n) is 11.5. The van der Waals surface area contributed by atoms with Crippen molar-refractivity contribution >= 4 is 28.1 Å². The molecule has 36 heavy (non-hydrogen) atoms. The van der Waals surface area contributed by atoms with E-state index in [2.05, 4.69) is 29.2 Å². The molecule has 188 valence electrons. The second kappa shape index (κ2) is 13.2. The highest BCUT2D eigenvalue weighted by atomic mass is 35.5. The lowest BCUT2D eigenvalue weighted by Crippen LogP contribution is -2.22. The first kappa shape index (κ1) is 25.8. The molecule has 0 bridgehead atoms. The smallest absolute Gasteiger partial charge is 0.186 e. The molecule has 0 atom stereocenters. The third-order valence-corrected chi connectivity index (χ3v) is 6.59. The average Bonchev–Trinajstić information content (AvgIpc) is 3.38. The van der Waals surface area contributed by atoms with Crippen molar-refractivity contribution in [2.75, 3.05) is 32.3 Å². The van der Waals surface area contributed by atoms with Crippen molar-refractivity contribution in [1.82, 2.24) is 4.98 Å². The third-order valence-electron chi connectivity index (χ3n) is 5.39. The van der Waals surface area contributed by atoms with E-state index in [4.69, 9.17) is 35.5 Å². The van der Waals surface area contributed by atoms with Gasteiger partial charge in [-0.1, -0.05) is 35.9 Å². The molecule has 1 heterocycles. The summed E-state index contributed by atoms with van der Waals surface area (Å²) in [6, 6.07) is 23.5. The molecule has 4 aromatic rings. The summed E-state index contributed by atoms with van der Waals surface area (Å²) >= 11 is 7.51. The molecule has 0 amide bonds. The minimum Gasteiger partial charge on any atom is -0.497 e. The van der Waals surface area contributed by atoms with Gasteiger partial charge in [0.25, 0.3) is 0 Å². The number of aromatic nitrogens is 1. The number of thiazole rings is 1. The van der Waals surface area contributed by atoms with Crippen molar-refractivity contribution in [3.05, 3.63) is 100 Å². The van der Waals surface area contributed by atoms with Crippen LogP contribution in [0.3, 0.4) is 0 Å². The lowest BCUT2D eigenvalue weighted by atomic mass is 10.1. The van der Waals surface area contributed by atoms with E-state index in [-0.39, 0.29) is 0 Å². The van der Waals surface area contributed by atoms with E-state index in [9.17, 15) is 0 Å². The van der Waals surface area contributed by atoms with Gasteiger partial charge >= 0.3 is 0 Å². The molecule has 0 aliphatic heterocycles. The van der Waals surface area contributed by atoms with Gasteiger partial charge in [0, 0.05) is 23.5 Å². The first-order chi connectivity index (χ1) is 17.6. The van der Waals surface area contributed by atoms with Crippen LogP contribution in [0.25, 0.3) is 0 Å². The van der Waals surface area contributed by atoms with Crippen LogP contribution in [0.4, 0.5) is 5.13 Å². The van der Waals surface area contributed by atoms with Crippen LogP contribution >= 0.6 is 22.9 Å². The molecule has 0 saturated carbocycles. The summed E-state index contributed by atoms with van der Waals surface area (Å²) in [4.78, 5) is 7.11. The lowest BCUT2D eigenvalue weighted by molar-refractivity contribution is 0.0873. The molecular weight excluding hydrogens is 496 g/mol. The molecule has 0 spiro atoms. The van der Waals surface area contributed by atoms with Crippen LogP contribution < -0.4 is 19.1 Å². The molecule has 8 heteroatoms. The molecule has 6 nitrogen and oxygen atoms in total. The van der Waals surface area contributed by atoms with Crippen molar-refractivity contribution in [2.45, 2.75) is 19.7 Å². The fraction of sp³-hybridized carbons (Fsp3) is 0.250. The Morgan fingerprint density at radius 1 is 0.806 bits per heavy atom. The Balaban J connectivity index is 1.38. The second-order valence-corrected chi connectivity index (χ2v) is 9.31. The molecule has 0 N–H and O–H groups in total. The van der Waals surface area contributed by atoms with Gasteiger partial charge in [0.2, 0.25) is 0 Å². The Kier molecular flexibility index (Phi) is 9.44. The molecule has 3 aromatic carbocycles. The summed E-state index contributed by atoms with van der Waals surface area (Å²) < 4.78 is 22.3. The van der Waals surface area contributed by atoms with E-state index in [0.717, 1.165) is 39.2 Å². The van der Waals surface area contributed by atoms with Crippen LogP contribution in [0.5, 0.6) is 17.2 Å². The Labute approximate surface area is 221 Å². The molecule has 0 fully saturated rings. The topological polar surface area (TPSA) is 53.1 Å². The van der Waals surface area contributed by atoms with Gasteiger partial charge < -0.3 is 23.8 Å². The zero-order valence-electron chi connectivity index (χ0n) is 20.4. The minimum atomic E-state index is 0.423. The van der Waals surface area contributed by atoms with Crippen molar-refractivity contribution in [1.29, 1.82) is 0 Å². The van der Waals surface area contributed by atoms with Gasteiger partial charge in [0.1, 0.15) is 23.9 Å². The molecule has 0 radical (unpaired) electrons. The van der Waals surface area contributed by atoms with Gasteiger partial charge in [0.15, 0.2) is 5.13 Å². The normalized spacial score (nSPS) is 10.8. The quantitative estimate of drug-likeness (QED) is 0.183. The van der Waals surface area contributed by atoms with Crippen LogP contribution in [-0.2, 0) is 24.4 Å². The third kappa shape index (κ3) is 7.62. The number of hydrogen-bond donors (Lipinski definition) is 0. The molecule has 0 saturated heterocycles. The number of benzene rings is 3. The molecule has 0 unspecified atom stereocenters. The lowest BCUT2D eigenvalue weighted by Gasteiger charge is -2.22. The van der Waals surface area contributed by atoms with Gasteiger partial charge in [-0.2, -0.15) is 0 Å². The fourth-order valence-corrected chi connectivity index (χ4v) is 4.54.